The third-order valence-corrected chi connectivity index (χ3v) is 5.46. The molecule has 0 atom stereocenters. The quantitative estimate of drug-likeness (QED) is 0.870. The Morgan fingerprint density at radius 3 is 2.53 bits per heavy atom. The Bertz CT molecular complexity index is 556. The van der Waals surface area contributed by atoms with Gasteiger partial charge in [0.25, 0.3) is 0 Å². The van der Waals surface area contributed by atoms with Crippen molar-refractivity contribution in [3.8, 4) is 0 Å². The first-order valence-corrected chi connectivity index (χ1v) is 7.99. The third kappa shape index (κ3) is 2.96. The Labute approximate surface area is 119 Å². The molecule has 0 saturated carbocycles. The Hall–Kier alpha value is -0.980. The van der Waals surface area contributed by atoms with Gasteiger partial charge in [0.15, 0.2) is 0 Å². The zero-order valence-corrected chi connectivity index (χ0v) is 12.4. The summed E-state index contributed by atoms with van der Waals surface area (Å²) in [4.78, 5) is 0. The van der Waals surface area contributed by atoms with Gasteiger partial charge in [-0.3, -0.25) is 4.31 Å². The molecule has 2 N–H and O–H groups in total. The Balaban J connectivity index is 2.31. The summed E-state index contributed by atoms with van der Waals surface area (Å²) >= 11 is 5.91. The van der Waals surface area contributed by atoms with Crippen LogP contribution in [0.2, 0.25) is 5.02 Å². The molecule has 1 aliphatic heterocycles. The minimum Gasteiger partial charge on any atom is -0.397 e. The van der Waals surface area contributed by atoms with E-state index in [2.05, 4.69) is 0 Å². The Kier molecular flexibility index (Phi) is 4.23. The molecule has 2 rings (SSSR count). The van der Waals surface area contributed by atoms with Crippen molar-refractivity contribution in [1.82, 2.24) is 4.31 Å². The molecular formula is C12H18ClN3O2S. The molecule has 1 aliphatic rings. The molecular weight excluding hydrogens is 286 g/mol. The predicted octanol–water partition coefficient (Wildman–Crippen LogP) is 2.09. The predicted molar refractivity (Wildman–Crippen MR) is 78.6 cm³/mol. The van der Waals surface area contributed by atoms with Gasteiger partial charge >= 0.3 is 10.2 Å². The van der Waals surface area contributed by atoms with E-state index in [-0.39, 0.29) is 0 Å². The number of halogens is 1. The summed E-state index contributed by atoms with van der Waals surface area (Å²) < 4.78 is 27.7. The number of hydrogen-bond donors (Lipinski definition) is 1. The lowest BCUT2D eigenvalue weighted by Crippen LogP contribution is -2.44. The van der Waals surface area contributed by atoms with Crippen molar-refractivity contribution in [3.05, 3.63) is 23.2 Å². The van der Waals surface area contributed by atoms with Gasteiger partial charge in [0, 0.05) is 25.2 Å². The van der Waals surface area contributed by atoms with Crippen LogP contribution in [0.3, 0.4) is 0 Å². The highest BCUT2D eigenvalue weighted by molar-refractivity contribution is 7.90. The van der Waals surface area contributed by atoms with E-state index in [1.807, 2.05) is 0 Å². The first-order valence-electron chi connectivity index (χ1n) is 6.22. The average molecular weight is 304 g/mol. The van der Waals surface area contributed by atoms with Gasteiger partial charge in [-0.05, 0) is 31.0 Å². The van der Waals surface area contributed by atoms with E-state index >= 15 is 0 Å². The van der Waals surface area contributed by atoms with Crippen molar-refractivity contribution in [3.63, 3.8) is 0 Å². The fraction of sp³-hybridized carbons (Fsp3) is 0.500. The van der Waals surface area contributed by atoms with E-state index in [0.29, 0.717) is 29.5 Å². The van der Waals surface area contributed by atoms with Crippen LogP contribution >= 0.6 is 11.6 Å². The summed E-state index contributed by atoms with van der Waals surface area (Å²) in [6.45, 7) is 1.13. The zero-order valence-electron chi connectivity index (χ0n) is 10.8. The van der Waals surface area contributed by atoms with Crippen molar-refractivity contribution in [2.45, 2.75) is 19.3 Å². The molecule has 0 spiro atoms. The molecule has 0 aliphatic carbocycles. The van der Waals surface area contributed by atoms with Crippen molar-refractivity contribution >= 4 is 33.2 Å². The summed E-state index contributed by atoms with van der Waals surface area (Å²) in [6.07, 6.45) is 2.88. The van der Waals surface area contributed by atoms with Crippen molar-refractivity contribution < 1.29 is 8.42 Å². The molecule has 0 bridgehead atoms. The molecule has 0 amide bonds. The highest BCUT2D eigenvalue weighted by Crippen LogP contribution is 2.29. The van der Waals surface area contributed by atoms with Crippen LogP contribution in [0.4, 0.5) is 11.4 Å². The van der Waals surface area contributed by atoms with Crippen molar-refractivity contribution in [2.24, 2.45) is 0 Å². The van der Waals surface area contributed by atoms with Crippen LogP contribution in [0.5, 0.6) is 0 Å². The smallest absolute Gasteiger partial charge is 0.303 e. The first kappa shape index (κ1) is 14.4. The van der Waals surface area contributed by atoms with E-state index in [4.69, 9.17) is 17.3 Å². The van der Waals surface area contributed by atoms with Gasteiger partial charge in [0.05, 0.1) is 11.4 Å². The Morgan fingerprint density at radius 2 is 1.89 bits per heavy atom. The SMILES string of the molecule is CN(c1cc(Cl)ccc1N)S(=O)(=O)N1CCCCC1. The number of nitrogen functional groups attached to an aromatic ring is 1. The molecule has 1 aromatic rings. The van der Waals surface area contributed by atoms with Gasteiger partial charge in [0.1, 0.15) is 0 Å². The molecule has 106 valence electrons. The lowest BCUT2D eigenvalue weighted by Gasteiger charge is -2.31. The van der Waals surface area contributed by atoms with Gasteiger partial charge < -0.3 is 5.73 Å². The highest BCUT2D eigenvalue weighted by Gasteiger charge is 2.29. The van der Waals surface area contributed by atoms with Gasteiger partial charge in [-0.1, -0.05) is 18.0 Å². The lowest BCUT2D eigenvalue weighted by molar-refractivity contribution is 0.346. The van der Waals surface area contributed by atoms with Crippen LogP contribution in [-0.4, -0.2) is 32.9 Å². The van der Waals surface area contributed by atoms with Gasteiger partial charge in [0.2, 0.25) is 0 Å². The van der Waals surface area contributed by atoms with Crippen LogP contribution < -0.4 is 10.0 Å². The van der Waals surface area contributed by atoms with Gasteiger partial charge in [-0.2, -0.15) is 12.7 Å². The Morgan fingerprint density at radius 1 is 1.26 bits per heavy atom. The van der Waals surface area contributed by atoms with Crippen LogP contribution in [-0.2, 0) is 10.2 Å². The second-order valence-corrected chi connectivity index (χ2v) is 7.03. The molecule has 1 heterocycles. The number of anilines is 2. The molecule has 19 heavy (non-hydrogen) atoms. The summed E-state index contributed by atoms with van der Waals surface area (Å²) in [7, 11) is -2.02. The fourth-order valence-electron chi connectivity index (χ4n) is 2.18. The van der Waals surface area contributed by atoms with Gasteiger partial charge in [-0.25, -0.2) is 0 Å². The number of piperidine rings is 1. The molecule has 0 aromatic heterocycles. The lowest BCUT2D eigenvalue weighted by atomic mass is 10.2. The van der Waals surface area contributed by atoms with E-state index in [1.54, 1.807) is 18.2 Å². The maximum atomic E-state index is 12.5. The summed E-state index contributed by atoms with van der Waals surface area (Å²) in [6, 6.07) is 4.82. The number of rotatable bonds is 3. The maximum Gasteiger partial charge on any atom is 0.303 e. The standard InChI is InChI=1S/C12H18ClN3O2S/c1-15(12-9-10(13)5-6-11(12)14)19(17,18)16-7-3-2-4-8-16/h5-6,9H,2-4,7-8,14H2,1H3. The molecule has 5 nitrogen and oxygen atoms in total. The minimum absolute atomic E-state index is 0.396. The number of nitrogens with two attached hydrogens (primary N) is 1. The number of hydrogen-bond acceptors (Lipinski definition) is 3. The second kappa shape index (κ2) is 5.56. The highest BCUT2D eigenvalue weighted by atomic mass is 35.5. The van der Waals surface area contributed by atoms with Crippen molar-refractivity contribution in [2.75, 3.05) is 30.2 Å². The number of nitrogens with zero attached hydrogens (tertiary/aromatic N) is 2. The fourth-order valence-corrected chi connectivity index (χ4v) is 3.82. The number of benzene rings is 1. The van der Waals surface area contributed by atoms with Crippen molar-refractivity contribution in [1.29, 1.82) is 0 Å². The van der Waals surface area contributed by atoms with Crippen LogP contribution in [0, 0.1) is 0 Å². The van der Waals surface area contributed by atoms with Crippen LogP contribution in [0.15, 0.2) is 18.2 Å². The van der Waals surface area contributed by atoms with Crippen LogP contribution in [0.25, 0.3) is 0 Å². The molecule has 0 unspecified atom stereocenters. The summed E-state index contributed by atoms with van der Waals surface area (Å²) in [5, 5.41) is 0.463. The summed E-state index contributed by atoms with van der Waals surface area (Å²) in [5.74, 6) is 0. The molecule has 1 saturated heterocycles. The van der Waals surface area contributed by atoms with E-state index < -0.39 is 10.2 Å². The molecule has 7 heteroatoms. The molecule has 0 radical (unpaired) electrons. The van der Waals surface area contributed by atoms with E-state index in [9.17, 15) is 8.42 Å². The first-order chi connectivity index (χ1) is 8.93. The summed E-state index contributed by atoms with van der Waals surface area (Å²) in [5.41, 5.74) is 6.64. The molecule has 1 fully saturated rings. The van der Waals surface area contributed by atoms with Gasteiger partial charge in [-0.15, -0.1) is 0 Å². The van der Waals surface area contributed by atoms with E-state index in [0.717, 1.165) is 19.3 Å². The van der Waals surface area contributed by atoms with E-state index in [1.165, 1.54) is 15.7 Å². The second-order valence-electron chi connectivity index (χ2n) is 4.64. The minimum atomic E-state index is -3.53. The normalized spacial score (nSPS) is 17.4. The maximum absolute atomic E-state index is 12.5. The molecule has 1 aromatic carbocycles. The largest absolute Gasteiger partial charge is 0.397 e. The average Bonchev–Trinajstić information content (AvgIpc) is 2.41. The monoisotopic (exact) mass is 303 g/mol. The topological polar surface area (TPSA) is 66.6 Å². The van der Waals surface area contributed by atoms with Crippen LogP contribution in [0.1, 0.15) is 19.3 Å². The zero-order chi connectivity index (χ0) is 14.0. The third-order valence-electron chi connectivity index (χ3n) is 3.32.